The van der Waals surface area contributed by atoms with Crippen molar-refractivity contribution in [1.29, 1.82) is 5.26 Å². The molecule has 1 aliphatic rings. The summed E-state index contributed by atoms with van der Waals surface area (Å²) in [6.07, 6.45) is 3.07. The molecule has 0 aliphatic carbocycles. The lowest BCUT2D eigenvalue weighted by Crippen LogP contribution is -2.38. The molecule has 158 valence electrons. The van der Waals surface area contributed by atoms with Crippen molar-refractivity contribution >= 4 is 46.3 Å². The number of nitriles is 1. The summed E-state index contributed by atoms with van der Waals surface area (Å²) in [5.74, 6) is 0.534. The monoisotopic (exact) mass is 472 g/mol. The Morgan fingerprint density at radius 3 is 2.94 bits per heavy atom. The van der Waals surface area contributed by atoms with Crippen molar-refractivity contribution in [3.05, 3.63) is 75.3 Å². The highest BCUT2D eigenvalue weighted by molar-refractivity contribution is 8.00. The molecule has 0 spiro atoms. The minimum absolute atomic E-state index is 0.0683. The summed E-state index contributed by atoms with van der Waals surface area (Å²) in [4.78, 5) is 4.46. The van der Waals surface area contributed by atoms with Gasteiger partial charge in [0.25, 0.3) is 0 Å². The van der Waals surface area contributed by atoms with E-state index in [2.05, 4.69) is 27.2 Å². The predicted octanol–water partition coefficient (Wildman–Crippen LogP) is 5.75. The van der Waals surface area contributed by atoms with Gasteiger partial charge in [-0.2, -0.15) is 5.26 Å². The first-order valence-corrected chi connectivity index (χ1v) is 11.6. The van der Waals surface area contributed by atoms with Gasteiger partial charge in [0.2, 0.25) is 0 Å². The number of thiazole rings is 1. The summed E-state index contributed by atoms with van der Waals surface area (Å²) < 4.78 is 23.4. The summed E-state index contributed by atoms with van der Waals surface area (Å²) >= 11 is 8.92. The lowest BCUT2D eigenvalue weighted by molar-refractivity contribution is 0.287. The molecule has 0 fully saturated rings. The number of hydrogen-bond acceptors (Lipinski definition) is 7. The Labute approximate surface area is 193 Å². The van der Waals surface area contributed by atoms with Crippen LogP contribution in [0.15, 0.2) is 58.3 Å². The van der Waals surface area contributed by atoms with Gasteiger partial charge in [0.15, 0.2) is 0 Å². The molecule has 0 radical (unpaired) electrons. The van der Waals surface area contributed by atoms with Gasteiger partial charge in [-0.05, 0) is 54.2 Å². The number of aromatic nitrogens is 1. The minimum Gasteiger partial charge on any atom is -0.490 e. The third-order valence-electron chi connectivity index (χ3n) is 4.71. The average molecular weight is 473 g/mol. The smallest absolute Gasteiger partial charge is 0.147 e. The molecular formula is C22H18ClFN4OS2. The van der Waals surface area contributed by atoms with Gasteiger partial charge in [-0.3, -0.25) is 0 Å². The van der Waals surface area contributed by atoms with Crippen molar-refractivity contribution in [1.82, 2.24) is 10.3 Å². The van der Waals surface area contributed by atoms with Gasteiger partial charge in [-0.1, -0.05) is 29.8 Å². The second kappa shape index (κ2) is 10.2. The fourth-order valence-electron chi connectivity index (χ4n) is 3.18. The van der Waals surface area contributed by atoms with Crippen LogP contribution in [0.1, 0.15) is 17.5 Å². The fourth-order valence-corrected chi connectivity index (χ4v) is 4.69. The normalized spacial score (nSPS) is 15.8. The zero-order chi connectivity index (χ0) is 21.6. The first kappa shape index (κ1) is 21.7. The van der Waals surface area contributed by atoms with Crippen molar-refractivity contribution < 1.29 is 9.13 Å². The first-order chi connectivity index (χ1) is 15.1. The number of nitrogens with one attached hydrogen (secondary N) is 2. The van der Waals surface area contributed by atoms with Crippen LogP contribution in [0.5, 0.6) is 5.75 Å². The van der Waals surface area contributed by atoms with Crippen LogP contribution in [0.4, 0.5) is 10.2 Å². The van der Waals surface area contributed by atoms with E-state index in [9.17, 15) is 4.39 Å². The second-order valence-electron chi connectivity index (χ2n) is 6.75. The Morgan fingerprint density at radius 1 is 1.35 bits per heavy atom. The van der Waals surface area contributed by atoms with Gasteiger partial charge in [0.05, 0.1) is 33.1 Å². The largest absolute Gasteiger partial charge is 0.490 e. The highest BCUT2D eigenvalue weighted by Crippen LogP contribution is 2.34. The van der Waals surface area contributed by atoms with Gasteiger partial charge in [0, 0.05) is 11.4 Å². The molecule has 1 unspecified atom stereocenters. The number of rotatable bonds is 7. The Morgan fingerprint density at radius 2 is 2.19 bits per heavy atom. The maximum atomic E-state index is 14.6. The summed E-state index contributed by atoms with van der Waals surface area (Å²) in [5, 5.41) is 14.6. The molecule has 0 amide bonds. The predicted molar refractivity (Wildman–Crippen MR) is 124 cm³/mol. The maximum absolute atomic E-state index is 14.6. The molecule has 1 aliphatic heterocycles. The number of nitrogens with zero attached hydrogens (tertiary/aromatic N) is 2. The van der Waals surface area contributed by atoms with Crippen molar-refractivity contribution in [3.8, 4) is 11.8 Å². The SMILES string of the molecule is N#Cc1ccc(C2=CCCNC2COc2cc(F)c(SNc3cscn3)cc2Cl)cc1. The van der Waals surface area contributed by atoms with E-state index >= 15 is 0 Å². The van der Waals surface area contributed by atoms with Gasteiger partial charge < -0.3 is 14.8 Å². The molecule has 31 heavy (non-hydrogen) atoms. The van der Waals surface area contributed by atoms with E-state index < -0.39 is 5.82 Å². The number of anilines is 1. The van der Waals surface area contributed by atoms with Crippen LogP contribution in [0.2, 0.25) is 5.02 Å². The van der Waals surface area contributed by atoms with Crippen molar-refractivity contribution in [3.63, 3.8) is 0 Å². The number of halogens is 2. The summed E-state index contributed by atoms with van der Waals surface area (Å²) in [6.45, 7) is 1.13. The molecule has 4 rings (SSSR count). The Bertz CT molecular complexity index is 1110. The van der Waals surface area contributed by atoms with Gasteiger partial charge in [-0.25, -0.2) is 9.37 Å². The lowest BCUT2D eigenvalue weighted by atomic mass is 9.94. The molecule has 0 saturated carbocycles. The summed E-state index contributed by atoms with van der Waals surface area (Å²) in [5.41, 5.74) is 4.43. The van der Waals surface area contributed by atoms with Crippen molar-refractivity contribution in [2.75, 3.05) is 17.9 Å². The third kappa shape index (κ3) is 5.38. The molecule has 2 aromatic carbocycles. The Balaban J connectivity index is 1.43. The third-order valence-corrected chi connectivity index (χ3v) is 6.44. The van der Waals surface area contributed by atoms with E-state index in [1.54, 1.807) is 23.7 Å². The maximum Gasteiger partial charge on any atom is 0.147 e. The molecule has 1 atom stereocenters. The summed E-state index contributed by atoms with van der Waals surface area (Å²) in [7, 11) is 0. The van der Waals surface area contributed by atoms with E-state index in [4.69, 9.17) is 21.6 Å². The summed E-state index contributed by atoms with van der Waals surface area (Å²) in [6, 6.07) is 12.4. The van der Waals surface area contributed by atoms with E-state index in [-0.39, 0.29) is 6.04 Å². The standard InChI is InChI=1S/C22H18ClFN4OS2/c23-17-8-21(31-28-22-12-30-13-27-22)18(24)9-20(17)29-11-19-16(2-1-7-26-19)15-5-3-14(10-25)4-6-15/h2-6,8-9,12-13,19,26,28H,1,7,11H2. The number of ether oxygens (including phenoxy) is 1. The van der Waals surface area contributed by atoms with E-state index in [0.29, 0.717) is 33.7 Å². The molecule has 2 heterocycles. The molecule has 0 saturated heterocycles. The average Bonchev–Trinajstić information content (AvgIpc) is 3.32. The zero-order valence-corrected chi connectivity index (χ0v) is 18.7. The van der Waals surface area contributed by atoms with Crippen LogP contribution in [-0.2, 0) is 0 Å². The minimum atomic E-state index is -0.424. The molecular weight excluding hydrogens is 455 g/mol. The first-order valence-electron chi connectivity index (χ1n) is 9.51. The Kier molecular flexibility index (Phi) is 7.10. The molecule has 9 heteroatoms. The molecule has 5 nitrogen and oxygen atoms in total. The zero-order valence-electron chi connectivity index (χ0n) is 16.3. The van der Waals surface area contributed by atoms with Crippen LogP contribution in [0.3, 0.4) is 0 Å². The van der Waals surface area contributed by atoms with Crippen molar-refractivity contribution in [2.24, 2.45) is 0 Å². The van der Waals surface area contributed by atoms with E-state index in [1.165, 1.54) is 17.4 Å². The van der Waals surface area contributed by atoms with Gasteiger partial charge in [-0.15, -0.1) is 11.3 Å². The van der Waals surface area contributed by atoms with Crippen LogP contribution in [0, 0.1) is 17.1 Å². The van der Waals surface area contributed by atoms with E-state index in [0.717, 1.165) is 36.1 Å². The van der Waals surface area contributed by atoms with Gasteiger partial charge >= 0.3 is 0 Å². The van der Waals surface area contributed by atoms with E-state index in [1.807, 2.05) is 17.5 Å². The highest BCUT2D eigenvalue weighted by Gasteiger charge is 2.20. The quantitative estimate of drug-likeness (QED) is 0.426. The highest BCUT2D eigenvalue weighted by atomic mass is 35.5. The molecule has 3 aromatic rings. The number of benzene rings is 2. The topological polar surface area (TPSA) is 70.0 Å². The lowest BCUT2D eigenvalue weighted by Gasteiger charge is -2.26. The molecule has 0 bridgehead atoms. The Hall–Kier alpha value is -2.57. The van der Waals surface area contributed by atoms with Crippen LogP contribution in [0.25, 0.3) is 5.57 Å². The van der Waals surface area contributed by atoms with Crippen molar-refractivity contribution in [2.45, 2.75) is 17.4 Å². The van der Waals surface area contributed by atoms with Crippen LogP contribution < -0.4 is 14.8 Å². The molecule has 2 N–H and O–H groups in total. The fraction of sp³-hybridized carbons (Fsp3) is 0.182. The van der Waals surface area contributed by atoms with Crippen LogP contribution >= 0.6 is 34.9 Å². The second-order valence-corrected chi connectivity index (χ2v) is 8.72. The number of hydrogen-bond donors (Lipinski definition) is 2. The molecule has 1 aromatic heterocycles. The van der Waals surface area contributed by atoms with Crippen LogP contribution in [-0.4, -0.2) is 24.2 Å². The van der Waals surface area contributed by atoms with Gasteiger partial charge in [0.1, 0.15) is 24.0 Å².